The van der Waals surface area contributed by atoms with E-state index in [-0.39, 0.29) is 24.2 Å². The van der Waals surface area contributed by atoms with Crippen LogP contribution in [0.5, 0.6) is 0 Å². The molecule has 1 N–H and O–H groups in total. The van der Waals surface area contributed by atoms with Gasteiger partial charge in [-0.3, -0.25) is 9.59 Å². The number of benzene rings is 2. The number of nitrogens with zero attached hydrogens (tertiary/aromatic N) is 5. The van der Waals surface area contributed by atoms with Crippen molar-refractivity contribution in [2.75, 3.05) is 16.8 Å². The first-order chi connectivity index (χ1) is 12.7. The molecule has 26 heavy (non-hydrogen) atoms. The monoisotopic (exact) mass is 348 g/mol. The van der Waals surface area contributed by atoms with E-state index < -0.39 is 0 Å². The quantitative estimate of drug-likeness (QED) is 0.774. The third kappa shape index (κ3) is 3.16. The van der Waals surface area contributed by atoms with E-state index in [9.17, 15) is 9.59 Å². The van der Waals surface area contributed by atoms with Crippen LogP contribution in [-0.2, 0) is 9.59 Å². The zero-order valence-electron chi connectivity index (χ0n) is 13.8. The number of hydrogen-bond acceptors (Lipinski definition) is 5. The Balaban J connectivity index is 1.46. The summed E-state index contributed by atoms with van der Waals surface area (Å²) in [6, 6.07) is 16.6. The van der Waals surface area contributed by atoms with E-state index in [1.54, 1.807) is 17.0 Å². The molecule has 0 unspecified atom stereocenters. The standard InChI is InChI=1S/C18H16N6O2/c25-17-9-13(11-23(17)15-6-2-1-3-7-15)18(26)20-14-5-4-8-16(10-14)24-12-19-21-22-24/h1-8,10,12-13H,9,11H2,(H,20,26)/t13-/m1/s1. The van der Waals surface area contributed by atoms with E-state index in [1.807, 2.05) is 42.5 Å². The molecule has 1 saturated heterocycles. The van der Waals surface area contributed by atoms with Crippen LogP contribution in [0.4, 0.5) is 11.4 Å². The van der Waals surface area contributed by atoms with Crippen LogP contribution in [0, 0.1) is 5.92 Å². The van der Waals surface area contributed by atoms with Gasteiger partial charge in [-0.1, -0.05) is 24.3 Å². The van der Waals surface area contributed by atoms with Crippen molar-refractivity contribution in [1.82, 2.24) is 20.2 Å². The fourth-order valence-corrected chi connectivity index (χ4v) is 2.99. The van der Waals surface area contributed by atoms with Gasteiger partial charge >= 0.3 is 0 Å². The van der Waals surface area contributed by atoms with E-state index in [1.165, 1.54) is 11.0 Å². The smallest absolute Gasteiger partial charge is 0.229 e. The van der Waals surface area contributed by atoms with Gasteiger partial charge in [-0.05, 0) is 40.8 Å². The highest BCUT2D eigenvalue weighted by molar-refractivity contribution is 6.03. The second-order valence-corrected chi connectivity index (χ2v) is 6.03. The second kappa shape index (κ2) is 6.75. The minimum atomic E-state index is -0.389. The maximum Gasteiger partial charge on any atom is 0.229 e. The first-order valence-electron chi connectivity index (χ1n) is 8.20. The molecule has 0 spiro atoms. The second-order valence-electron chi connectivity index (χ2n) is 6.03. The van der Waals surface area contributed by atoms with E-state index in [0.717, 1.165) is 11.4 Å². The third-order valence-corrected chi connectivity index (χ3v) is 4.29. The highest BCUT2D eigenvalue weighted by Crippen LogP contribution is 2.26. The lowest BCUT2D eigenvalue weighted by molar-refractivity contribution is -0.122. The highest BCUT2D eigenvalue weighted by atomic mass is 16.2. The van der Waals surface area contributed by atoms with Gasteiger partial charge in [0, 0.05) is 24.3 Å². The van der Waals surface area contributed by atoms with Crippen LogP contribution in [0.3, 0.4) is 0 Å². The number of aromatic nitrogens is 4. The van der Waals surface area contributed by atoms with Gasteiger partial charge in [0.05, 0.1) is 11.6 Å². The molecular weight excluding hydrogens is 332 g/mol. The topological polar surface area (TPSA) is 93.0 Å². The van der Waals surface area contributed by atoms with E-state index in [2.05, 4.69) is 20.8 Å². The summed E-state index contributed by atoms with van der Waals surface area (Å²) >= 11 is 0. The van der Waals surface area contributed by atoms with Crippen molar-refractivity contribution in [2.24, 2.45) is 5.92 Å². The van der Waals surface area contributed by atoms with Crippen LogP contribution < -0.4 is 10.2 Å². The number of rotatable bonds is 4. The normalized spacial score (nSPS) is 16.7. The number of anilines is 2. The fourth-order valence-electron chi connectivity index (χ4n) is 2.99. The Labute approximate surface area is 149 Å². The number of tetrazole rings is 1. The molecule has 1 aliphatic heterocycles. The van der Waals surface area contributed by atoms with Crippen molar-refractivity contribution in [1.29, 1.82) is 0 Å². The summed E-state index contributed by atoms with van der Waals surface area (Å²) in [7, 11) is 0. The molecule has 1 atom stereocenters. The van der Waals surface area contributed by atoms with Gasteiger partial charge in [0.25, 0.3) is 0 Å². The summed E-state index contributed by atoms with van der Waals surface area (Å²) in [4.78, 5) is 26.5. The number of para-hydroxylation sites is 1. The van der Waals surface area contributed by atoms with Crippen LogP contribution in [0.2, 0.25) is 0 Å². The Morgan fingerprint density at radius 3 is 2.65 bits per heavy atom. The summed E-state index contributed by atoms with van der Waals surface area (Å²) in [5.74, 6) is -0.608. The van der Waals surface area contributed by atoms with E-state index >= 15 is 0 Å². The van der Waals surface area contributed by atoms with Crippen LogP contribution in [0.25, 0.3) is 5.69 Å². The van der Waals surface area contributed by atoms with Gasteiger partial charge < -0.3 is 10.2 Å². The predicted molar refractivity (Wildman–Crippen MR) is 94.7 cm³/mol. The molecule has 8 nitrogen and oxygen atoms in total. The molecule has 4 rings (SSSR count). The molecule has 0 radical (unpaired) electrons. The maximum atomic E-state index is 12.6. The minimum Gasteiger partial charge on any atom is -0.326 e. The van der Waals surface area contributed by atoms with Crippen molar-refractivity contribution < 1.29 is 9.59 Å². The molecule has 130 valence electrons. The van der Waals surface area contributed by atoms with E-state index in [0.29, 0.717) is 12.2 Å². The maximum absolute atomic E-state index is 12.6. The Morgan fingerprint density at radius 1 is 1.08 bits per heavy atom. The molecule has 2 aromatic carbocycles. The van der Waals surface area contributed by atoms with Gasteiger partial charge in [0.15, 0.2) is 0 Å². The van der Waals surface area contributed by atoms with Crippen LogP contribution in [0.1, 0.15) is 6.42 Å². The Hall–Kier alpha value is -3.55. The zero-order valence-corrected chi connectivity index (χ0v) is 13.8. The molecule has 8 heteroatoms. The lowest BCUT2D eigenvalue weighted by Gasteiger charge is -2.16. The summed E-state index contributed by atoms with van der Waals surface area (Å²) < 4.78 is 1.51. The molecule has 1 aromatic heterocycles. The molecule has 0 bridgehead atoms. The number of amides is 2. The van der Waals surface area contributed by atoms with Crippen molar-refractivity contribution in [3.05, 3.63) is 60.9 Å². The predicted octanol–water partition coefficient (Wildman–Crippen LogP) is 1.65. The SMILES string of the molecule is O=C(Nc1cccc(-n2cnnn2)c1)[C@@H]1CC(=O)N(c2ccccc2)C1. The van der Waals surface area contributed by atoms with Crippen molar-refractivity contribution >= 4 is 23.2 Å². The Bertz CT molecular complexity index is 926. The molecule has 3 aromatic rings. The third-order valence-electron chi connectivity index (χ3n) is 4.29. The number of hydrogen-bond donors (Lipinski definition) is 1. The van der Waals surface area contributed by atoms with Gasteiger partial charge in [-0.25, -0.2) is 4.68 Å². The summed E-state index contributed by atoms with van der Waals surface area (Å²) in [5, 5.41) is 13.9. The van der Waals surface area contributed by atoms with Crippen molar-refractivity contribution in [3.63, 3.8) is 0 Å². The number of nitrogens with one attached hydrogen (secondary N) is 1. The number of carbonyl (C=O) groups excluding carboxylic acids is 2. The molecule has 1 aliphatic rings. The lowest BCUT2D eigenvalue weighted by atomic mass is 10.1. The first-order valence-corrected chi connectivity index (χ1v) is 8.20. The summed E-state index contributed by atoms with van der Waals surface area (Å²) in [5.41, 5.74) is 2.18. The van der Waals surface area contributed by atoms with Gasteiger partial charge in [0.1, 0.15) is 6.33 Å². The molecule has 2 heterocycles. The molecule has 0 aliphatic carbocycles. The fraction of sp³-hybridized carbons (Fsp3) is 0.167. The summed E-state index contributed by atoms with van der Waals surface area (Å²) in [6.45, 7) is 0.376. The Kier molecular flexibility index (Phi) is 4.14. The van der Waals surface area contributed by atoms with Gasteiger partial charge in [0.2, 0.25) is 11.8 Å². The Morgan fingerprint density at radius 2 is 1.88 bits per heavy atom. The highest BCUT2D eigenvalue weighted by Gasteiger charge is 2.35. The van der Waals surface area contributed by atoms with Crippen molar-refractivity contribution in [3.8, 4) is 5.69 Å². The molecule has 1 fully saturated rings. The average Bonchev–Trinajstić information content (AvgIpc) is 3.32. The first kappa shape index (κ1) is 15.9. The summed E-state index contributed by atoms with van der Waals surface area (Å²) in [6.07, 6.45) is 1.68. The lowest BCUT2D eigenvalue weighted by Crippen LogP contribution is -2.28. The van der Waals surface area contributed by atoms with Crippen LogP contribution in [0.15, 0.2) is 60.9 Å². The van der Waals surface area contributed by atoms with Gasteiger partial charge in [-0.15, -0.1) is 5.10 Å². The molecule has 0 saturated carbocycles. The average molecular weight is 348 g/mol. The van der Waals surface area contributed by atoms with Gasteiger partial charge in [-0.2, -0.15) is 0 Å². The minimum absolute atomic E-state index is 0.0428. The largest absolute Gasteiger partial charge is 0.326 e. The molecule has 2 amide bonds. The van der Waals surface area contributed by atoms with Crippen LogP contribution >= 0.6 is 0 Å². The molecular formula is C18H16N6O2. The zero-order chi connectivity index (χ0) is 17.9. The van der Waals surface area contributed by atoms with Crippen molar-refractivity contribution in [2.45, 2.75) is 6.42 Å². The van der Waals surface area contributed by atoms with E-state index in [4.69, 9.17) is 0 Å². The van der Waals surface area contributed by atoms with Crippen LogP contribution in [-0.4, -0.2) is 38.6 Å². The number of carbonyl (C=O) groups is 2.